The second kappa shape index (κ2) is 7.75. The topological polar surface area (TPSA) is 105 Å². The summed E-state index contributed by atoms with van der Waals surface area (Å²) in [5.74, 6) is -0.912. The molecule has 0 radical (unpaired) electrons. The SMILES string of the molecule is COc1cc(C[C@H]2COC(=O)[C@H]2[C@H](O)c2ccc(O)c(OC)c2)ccc1O. The molecule has 1 heterocycles. The number of rotatable bonds is 6. The van der Waals surface area contributed by atoms with E-state index in [2.05, 4.69) is 0 Å². The Morgan fingerprint density at radius 3 is 2.37 bits per heavy atom. The Hall–Kier alpha value is -2.93. The van der Waals surface area contributed by atoms with Gasteiger partial charge in [-0.1, -0.05) is 12.1 Å². The molecule has 3 rings (SSSR count). The van der Waals surface area contributed by atoms with E-state index in [0.29, 0.717) is 17.7 Å². The number of phenolic OH excluding ortho intramolecular Hbond substituents is 2. The van der Waals surface area contributed by atoms with E-state index in [1.54, 1.807) is 18.2 Å². The van der Waals surface area contributed by atoms with Crippen LogP contribution in [0, 0.1) is 11.8 Å². The van der Waals surface area contributed by atoms with Crippen LogP contribution in [-0.4, -0.2) is 42.1 Å². The Bertz CT molecular complexity index is 833. The van der Waals surface area contributed by atoms with E-state index >= 15 is 0 Å². The lowest BCUT2D eigenvalue weighted by atomic mass is 9.83. The minimum atomic E-state index is -1.10. The number of methoxy groups -OCH3 is 2. The smallest absolute Gasteiger partial charge is 0.312 e. The highest BCUT2D eigenvalue weighted by atomic mass is 16.5. The number of esters is 1. The van der Waals surface area contributed by atoms with E-state index in [-0.39, 0.29) is 29.8 Å². The van der Waals surface area contributed by atoms with Gasteiger partial charge in [-0.15, -0.1) is 0 Å². The number of aliphatic hydroxyl groups excluding tert-OH is 1. The molecule has 2 aromatic carbocycles. The molecule has 0 spiro atoms. The number of phenols is 2. The van der Waals surface area contributed by atoms with E-state index in [9.17, 15) is 20.1 Å². The summed E-state index contributed by atoms with van der Waals surface area (Å²) < 4.78 is 15.4. The molecule has 2 aromatic rings. The van der Waals surface area contributed by atoms with E-state index in [0.717, 1.165) is 5.56 Å². The Morgan fingerprint density at radius 2 is 1.70 bits per heavy atom. The summed E-state index contributed by atoms with van der Waals surface area (Å²) in [7, 11) is 2.88. The van der Waals surface area contributed by atoms with Gasteiger partial charge in [0.25, 0.3) is 0 Å². The van der Waals surface area contributed by atoms with Crippen LogP contribution in [-0.2, 0) is 16.0 Å². The maximum absolute atomic E-state index is 12.3. The molecular formula is C20H22O7. The first-order valence-corrected chi connectivity index (χ1v) is 8.52. The first-order chi connectivity index (χ1) is 12.9. The number of aromatic hydroxyl groups is 2. The van der Waals surface area contributed by atoms with E-state index in [4.69, 9.17) is 14.2 Å². The van der Waals surface area contributed by atoms with E-state index < -0.39 is 18.0 Å². The molecule has 0 bridgehead atoms. The zero-order valence-electron chi connectivity index (χ0n) is 15.1. The van der Waals surface area contributed by atoms with Crippen molar-refractivity contribution in [3.05, 3.63) is 47.5 Å². The van der Waals surface area contributed by atoms with E-state index in [1.807, 2.05) is 0 Å². The van der Waals surface area contributed by atoms with Gasteiger partial charge in [0.05, 0.1) is 32.8 Å². The summed E-state index contributed by atoms with van der Waals surface area (Å²) in [5.41, 5.74) is 1.32. The first-order valence-electron chi connectivity index (χ1n) is 8.52. The standard InChI is InChI=1S/C20H22O7/c1-25-16-8-11(3-5-14(16)21)7-13-10-27-20(24)18(13)19(23)12-4-6-15(22)17(9-12)26-2/h3-6,8-9,13,18-19,21-23H,7,10H2,1-2H3/t13-,18+,19+/m0/s1. The maximum atomic E-state index is 12.3. The number of carbonyl (C=O) groups is 1. The fraction of sp³-hybridized carbons (Fsp3) is 0.350. The van der Waals surface area contributed by atoms with Gasteiger partial charge in [0.2, 0.25) is 0 Å². The van der Waals surface area contributed by atoms with Crippen LogP contribution in [0.1, 0.15) is 17.2 Å². The summed E-state index contributed by atoms with van der Waals surface area (Å²) in [5, 5.41) is 30.2. The van der Waals surface area contributed by atoms with Gasteiger partial charge in [0.15, 0.2) is 23.0 Å². The fourth-order valence-corrected chi connectivity index (χ4v) is 3.39. The third kappa shape index (κ3) is 3.78. The molecule has 27 heavy (non-hydrogen) atoms. The third-order valence-electron chi connectivity index (χ3n) is 4.85. The molecular weight excluding hydrogens is 352 g/mol. The zero-order valence-corrected chi connectivity index (χ0v) is 15.1. The van der Waals surface area contributed by atoms with Gasteiger partial charge in [0.1, 0.15) is 0 Å². The molecule has 0 aliphatic carbocycles. The van der Waals surface area contributed by atoms with Crippen molar-refractivity contribution in [2.24, 2.45) is 11.8 Å². The van der Waals surface area contributed by atoms with Crippen molar-refractivity contribution in [3.63, 3.8) is 0 Å². The van der Waals surface area contributed by atoms with Gasteiger partial charge in [-0.05, 0) is 41.8 Å². The van der Waals surface area contributed by atoms with Crippen molar-refractivity contribution in [2.75, 3.05) is 20.8 Å². The monoisotopic (exact) mass is 374 g/mol. The largest absolute Gasteiger partial charge is 0.504 e. The van der Waals surface area contributed by atoms with Gasteiger partial charge < -0.3 is 29.5 Å². The Kier molecular flexibility index (Phi) is 5.41. The number of hydrogen-bond acceptors (Lipinski definition) is 7. The van der Waals surface area contributed by atoms with Crippen LogP contribution >= 0.6 is 0 Å². The minimum Gasteiger partial charge on any atom is -0.504 e. The molecule has 7 heteroatoms. The molecule has 0 saturated carbocycles. The number of cyclic esters (lactones) is 1. The molecule has 3 N–H and O–H groups in total. The summed E-state index contributed by atoms with van der Waals surface area (Å²) in [6, 6.07) is 9.44. The van der Waals surface area contributed by atoms with Crippen LogP contribution in [0.4, 0.5) is 0 Å². The lowest BCUT2D eigenvalue weighted by Crippen LogP contribution is -2.25. The summed E-state index contributed by atoms with van der Waals surface area (Å²) >= 11 is 0. The molecule has 0 amide bonds. The number of aliphatic hydroxyl groups is 1. The lowest BCUT2D eigenvalue weighted by Gasteiger charge is -2.22. The highest BCUT2D eigenvalue weighted by Gasteiger charge is 2.42. The fourth-order valence-electron chi connectivity index (χ4n) is 3.39. The van der Waals surface area contributed by atoms with Crippen LogP contribution in [0.15, 0.2) is 36.4 Å². The first kappa shape index (κ1) is 18.8. The van der Waals surface area contributed by atoms with Crippen molar-refractivity contribution >= 4 is 5.97 Å². The zero-order chi connectivity index (χ0) is 19.6. The van der Waals surface area contributed by atoms with Crippen molar-refractivity contribution in [1.82, 2.24) is 0 Å². The van der Waals surface area contributed by atoms with Crippen LogP contribution < -0.4 is 9.47 Å². The van der Waals surface area contributed by atoms with Gasteiger partial charge in [-0.2, -0.15) is 0 Å². The van der Waals surface area contributed by atoms with Gasteiger partial charge in [-0.25, -0.2) is 0 Å². The van der Waals surface area contributed by atoms with Crippen LogP contribution in [0.25, 0.3) is 0 Å². The maximum Gasteiger partial charge on any atom is 0.312 e. The highest BCUT2D eigenvalue weighted by Crippen LogP contribution is 2.39. The number of ether oxygens (including phenoxy) is 3. The Morgan fingerprint density at radius 1 is 1.07 bits per heavy atom. The molecule has 1 aliphatic heterocycles. The average Bonchev–Trinajstić information content (AvgIpc) is 3.03. The summed E-state index contributed by atoms with van der Waals surface area (Å²) in [6.07, 6.45) is -0.627. The highest BCUT2D eigenvalue weighted by molar-refractivity contribution is 5.76. The van der Waals surface area contributed by atoms with Gasteiger partial charge in [-0.3, -0.25) is 4.79 Å². The molecule has 0 unspecified atom stereocenters. The Labute approximate surface area is 156 Å². The average molecular weight is 374 g/mol. The molecule has 1 fully saturated rings. The summed E-state index contributed by atoms with van der Waals surface area (Å²) in [4.78, 5) is 12.3. The number of carbonyl (C=O) groups excluding carboxylic acids is 1. The predicted octanol–water partition coefficient (Wildman–Crippen LogP) is 2.18. The van der Waals surface area contributed by atoms with E-state index in [1.165, 1.54) is 32.4 Å². The molecule has 3 atom stereocenters. The molecule has 144 valence electrons. The summed E-state index contributed by atoms with van der Waals surface area (Å²) in [6.45, 7) is 0.193. The van der Waals surface area contributed by atoms with Crippen LogP contribution in [0.3, 0.4) is 0 Å². The van der Waals surface area contributed by atoms with Crippen molar-refractivity contribution in [1.29, 1.82) is 0 Å². The van der Waals surface area contributed by atoms with Crippen molar-refractivity contribution in [3.8, 4) is 23.0 Å². The van der Waals surface area contributed by atoms with Crippen LogP contribution in [0.5, 0.6) is 23.0 Å². The quantitative estimate of drug-likeness (QED) is 0.666. The van der Waals surface area contributed by atoms with Gasteiger partial charge >= 0.3 is 5.97 Å². The number of benzene rings is 2. The predicted molar refractivity (Wildman–Crippen MR) is 95.9 cm³/mol. The minimum absolute atomic E-state index is 0.0350. The lowest BCUT2D eigenvalue weighted by molar-refractivity contribution is -0.144. The second-order valence-corrected chi connectivity index (χ2v) is 6.50. The van der Waals surface area contributed by atoms with Crippen molar-refractivity contribution < 1.29 is 34.3 Å². The normalized spacial score (nSPS) is 20.2. The molecule has 0 aromatic heterocycles. The Balaban J connectivity index is 1.83. The molecule has 1 aliphatic rings. The number of hydrogen-bond donors (Lipinski definition) is 3. The van der Waals surface area contributed by atoms with Crippen molar-refractivity contribution in [2.45, 2.75) is 12.5 Å². The van der Waals surface area contributed by atoms with Crippen LogP contribution in [0.2, 0.25) is 0 Å². The molecule has 1 saturated heterocycles. The van der Waals surface area contributed by atoms with Gasteiger partial charge in [0, 0.05) is 5.92 Å². The molecule has 7 nitrogen and oxygen atoms in total. The third-order valence-corrected chi connectivity index (χ3v) is 4.85. The second-order valence-electron chi connectivity index (χ2n) is 6.50.